The zero-order valence-electron chi connectivity index (χ0n) is 15.8. The van der Waals surface area contributed by atoms with Crippen LogP contribution in [0, 0.1) is 5.92 Å². The number of hydrogen-bond acceptors (Lipinski definition) is 4. The van der Waals surface area contributed by atoms with Gasteiger partial charge >= 0.3 is 12.0 Å². The Hall–Kier alpha value is -1.79. The van der Waals surface area contributed by atoms with Crippen molar-refractivity contribution in [2.75, 3.05) is 26.7 Å². The van der Waals surface area contributed by atoms with E-state index in [0.717, 1.165) is 32.1 Å². The molecule has 0 aromatic heterocycles. The number of rotatable bonds is 9. The van der Waals surface area contributed by atoms with Crippen molar-refractivity contribution in [2.45, 2.75) is 64.8 Å². The van der Waals surface area contributed by atoms with Gasteiger partial charge in [0.15, 0.2) is 0 Å². The molecule has 2 N–H and O–H groups in total. The van der Waals surface area contributed by atoms with Gasteiger partial charge in [0.2, 0.25) is 5.91 Å². The largest absolute Gasteiger partial charge is 0.469 e. The van der Waals surface area contributed by atoms with Crippen molar-refractivity contribution < 1.29 is 19.1 Å². The molecule has 25 heavy (non-hydrogen) atoms. The molecule has 1 saturated heterocycles. The second-order valence-electron chi connectivity index (χ2n) is 6.55. The summed E-state index contributed by atoms with van der Waals surface area (Å²) in [6.45, 7) is 6.06. The van der Waals surface area contributed by atoms with Gasteiger partial charge in [0.1, 0.15) is 0 Å². The molecular formula is C18H33N3O4. The Balaban J connectivity index is 2.18. The number of hydrogen-bond donors (Lipinski definition) is 2. The molecule has 0 saturated carbocycles. The number of carbonyl (C=O) groups is 3. The first kappa shape index (κ1) is 21.3. The molecule has 1 heterocycles. The molecule has 0 aromatic carbocycles. The number of unbranched alkanes of at least 4 members (excludes halogenated alkanes) is 1. The van der Waals surface area contributed by atoms with Crippen LogP contribution in [0.4, 0.5) is 4.79 Å². The van der Waals surface area contributed by atoms with Gasteiger partial charge in [0, 0.05) is 38.0 Å². The smallest absolute Gasteiger partial charge is 0.315 e. The van der Waals surface area contributed by atoms with Crippen molar-refractivity contribution in [3.63, 3.8) is 0 Å². The van der Waals surface area contributed by atoms with Crippen LogP contribution in [0.3, 0.4) is 0 Å². The van der Waals surface area contributed by atoms with E-state index in [1.165, 1.54) is 7.11 Å². The van der Waals surface area contributed by atoms with E-state index in [1.807, 2.05) is 4.90 Å². The maximum absolute atomic E-state index is 12.4. The van der Waals surface area contributed by atoms with Gasteiger partial charge in [0.25, 0.3) is 0 Å². The Morgan fingerprint density at radius 1 is 1.12 bits per heavy atom. The highest BCUT2D eigenvalue weighted by atomic mass is 16.5. The standard InChI is InChI=1S/C18H33N3O4/c1-4-14(5-2)17(23)21-12-9-15(10-13-21)20-18(24)19-11-7-6-8-16(22)25-3/h14-15H,4-13H2,1-3H3,(H2,19,20,24). The first-order valence-corrected chi connectivity index (χ1v) is 9.41. The van der Waals surface area contributed by atoms with Crippen molar-refractivity contribution in [2.24, 2.45) is 5.92 Å². The molecule has 0 aromatic rings. The number of nitrogens with zero attached hydrogens (tertiary/aromatic N) is 1. The van der Waals surface area contributed by atoms with E-state index in [2.05, 4.69) is 29.2 Å². The van der Waals surface area contributed by atoms with Crippen molar-refractivity contribution in [3.05, 3.63) is 0 Å². The summed E-state index contributed by atoms with van der Waals surface area (Å²) in [4.78, 5) is 37.1. The predicted molar refractivity (Wildman–Crippen MR) is 96.1 cm³/mol. The second-order valence-corrected chi connectivity index (χ2v) is 6.55. The van der Waals surface area contributed by atoms with E-state index < -0.39 is 0 Å². The van der Waals surface area contributed by atoms with Crippen molar-refractivity contribution in [1.82, 2.24) is 15.5 Å². The molecule has 0 aliphatic carbocycles. The van der Waals surface area contributed by atoms with Crippen LogP contribution in [0.15, 0.2) is 0 Å². The average Bonchev–Trinajstić information content (AvgIpc) is 2.62. The molecule has 1 fully saturated rings. The molecule has 0 unspecified atom stereocenters. The zero-order chi connectivity index (χ0) is 18.7. The maximum atomic E-state index is 12.4. The van der Waals surface area contributed by atoms with Crippen LogP contribution in [-0.4, -0.2) is 55.6 Å². The van der Waals surface area contributed by atoms with Crippen LogP contribution < -0.4 is 10.6 Å². The summed E-state index contributed by atoms with van der Waals surface area (Å²) in [5, 5.41) is 5.78. The molecule has 3 amide bonds. The Morgan fingerprint density at radius 2 is 1.76 bits per heavy atom. The Labute approximate surface area is 150 Å². The molecule has 1 rings (SSSR count). The minimum atomic E-state index is -0.223. The number of methoxy groups -OCH3 is 1. The van der Waals surface area contributed by atoms with Crippen molar-refractivity contribution in [3.8, 4) is 0 Å². The maximum Gasteiger partial charge on any atom is 0.315 e. The molecule has 0 atom stereocenters. The predicted octanol–water partition coefficient (Wildman–Crippen LogP) is 2.06. The van der Waals surface area contributed by atoms with Gasteiger partial charge in [-0.3, -0.25) is 9.59 Å². The topological polar surface area (TPSA) is 87.7 Å². The SMILES string of the molecule is CCC(CC)C(=O)N1CCC(NC(=O)NCCCCC(=O)OC)CC1. The molecule has 7 nitrogen and oxygen atoms in total. The van der Waals surface area contributed by atoms with E-state index in [9.17, 15) is 14.4 Å². The van der Waals surface area contributed by atoms with Crippen LogP contribution in [0.25, 0.3) is 0 Å². The van der Waals surface area contributed by atoms with Crippen LogP contribution in [0.5, 0.6) is 0 Å². The van der Waals surface area contributed by atoms with Gasteiger partial charge in [-0.1, -0.05) is 13.8 Å². The number of carbonyl (C=O) groups excluding carboxylic acids is 3. The van der Waals surface area contributed by atoms with Gasteiger partial charge in [-0.15, -0.1) is 0 Å². The number of ether oxygens (including phenoxy) is 1. The summed E-state index contributed by atoms with van der Waals surface area (Å²) in [7, 11) is 1.37. The van der Waals surface area contributed by atoms with E-state index in [0.29, 0.717) is 32.5 Å². The van der Waals surface area contributed by atoms with Crippen molar-refractivity contribution in [1.29, 1.82) is 0 Å². The molecule has 0 spiro atoms. The summed E-state index contributed by atoms with van der Waals surface area (Å²) in [6, 6.07) is -0.0661. The number of nitrogens with one attached hydrogen (secondary N) is 2. The van der Waals surface area contributed by atoms with E-state index in [1.54, 1.807) is 0 Å². The Morgan fingerprint density at radius 3 is 2.32 bits per heavy atom. The summed E-state index contributed by atoms with van der Waals surface area (Å²) < 4.78 is 4.57. The molecule has 1 aliphatic rings. The van der Waals surface area contributed by atoms with Gasteiger partial charge in [-0.05, 0) is 38.5 Å². The summed E-state index contributed by atoms with van der Waals surface area (Å²) >= 11 is 0. The van der Waals surface area contributed by atoms with Gasteiger partial charge in [-0.2, -0.15) is 0 Å². The lowest BCUT2D eigenvalue weighted by Gasteiger charge is -2.34. The quantitative estimate of drug-likeness (QED) is 0.489. The highest BCUT2D eigenvalue weighted by Gasteiger charge is 2.27. The van der Waals surface area contributed by atoms with Crippen LogP contribution >= 0.6 is 0 Å². The summed E-state index contributed by atoms with van der Waals surface area (Å²) in [6.07, 6.45) is 5.16. The minimum Gasteiger partial charge on any atom is -0.469 e. The van der Waals surface area contributed by atoms with E-state index >= 15 is 0 Å². The number of urea groups is 1. The highest BCUT2D eigenvalue weighted by Crippen LogP contribution is 2.17. The molecule has 144 valence electrons. The third-order valence-corrected chi connectivity index (χ3v) is 4.80. The fourth-order valence-corrected chi connectivity index (χ4v) is 3.08. The van der Waals surface area contributed by atoms with Crippen LogP contribution in [0.1, 0.15) is 58.8 Å². The normalized spacial score (nSPS) is 15.1. The number of likely N-dealkylation sites (tertiary alicyclic amines) is 1. The van der Waals surface area contributed by atoms with Crippen LogP contribution in [-0.2, 0) is 14.3 Å². The summed E-state index contributed by atoms with van der Waals surface area (Å²) in [5.74, 6) is 0.149. The molecule has 7 heteroatoms. The lowest BCUT2D eigenvalue weighted by Crippen LogP contribution is -2.50. The van der Waals surface area contributed by atoms with Crippen LogP contribution in [0.2, 0.25) is 0 Å². The number of amides is 3. The molecular weight excluding hydrogens is 322 g/mol. The lowest BCUT2D eigenvalue weighted by molar-refractivity contribution is -0.140. The second kappa shape index (κ2) is 11.7. The monoisotopic (exact) mass is 355 g/mol. The molecule has 0 radical (unpaired) electrons. The fraction of sp³-hybridized carbons (Fsp3) is 0.833. The number of esters is 1. The Bertz CT molecular complexity index is 430. The minimum absolute atomic E-state index is 0.112. The van der Waals surface area contributed by atoms with Gasteiger partial charge in [-0.25, -0.2) is 4.79 Å². The third kappa shape index (κ3) is 7.75. The van der Waals surface area contributed by atoms with Crippen molar-refractivity contribution >= 4 is 17.9 Å². The highest BCUT2D eigenvalue weighted by molar-refractivity contribution is 5.79. The van der Waals surface area contributed by atoms with Gasteiger partial charge < -0.3 is 20.3 Å². The van der Waals surface area contributed by atoms with E-state index in [-0.39, 0.29) is 29.9 Å². The van der Waals surface area contributed by atoms with Gasteiger partial charge in [0.05, 0.1) is 7.11 Å². The molecule has 0 bridgehead atoms. The number of piperidine rings is 1. The Kier molecular flexibility index (Phi) is 9.96. The lowest BCUT2D eigenvalue weighted by atomic mass is 9.98. The molecule has 1 aliphatic heterocycles. The average molecular weight is 355 g/mol. The zero-order valence-corrected chi connectivity index (χ0v) is 15.8. The fourth-order valence-electron chi connectivity index (χ4n) is 3.08. The first-order chi connectivity index (χ1) is 12.0. The van der Waals surface area contributed by atoms with E-state index in [4.69, 9.17) is 0 Å². The third-order valence-electron chi connectivity index (χ3n) is 4.80. The summed E-state index contributed by atoms with van der Waals surface area (Å²) in [5.41, 5.74) is 0. The first-order valence-electron chi connectivity index (χ1n) is 9.41.